The summed E-state index contributed by atoms with van der Waals surface area (Å²) in [4.78, 5) is 0. The van der Waals surface area contributed by atoms with Crippen LogP contribution in [-0.2, 0) is 13.7 Å². The Morgan fingerprint density at radius 2 is 2.00 bits per heavy atom. The van der Waals surface area contributed by atoms with Crippen molar-refractivity contribution in [1.82, 2.24) is 14.8 Å². The SMILES string of the molecule is Cc1nnc(COc2ccc(F)cc2OC(C)C)n1C. The van der Waals surface area contributed by atoms with Crippen LogP contribution in [0.2, 0.25) is 0 Å². The molecule has 0 bridgehead atoms. The Hall–Kier alpha value is -2.11. The molecule has 0 saturated heterocycles. The van der Waals surface area contributed by atoms with Gasteiger partial charge in [-0.2, -0.15) is 0 Å². The van der Waals surface area contributed by atoms with Crippen molar-refractivity contribution >= 4 is 0 Å². The third kappa shape index (κ3) is 3.26. The first-order chi connectivity index (χ1) is 9.47. The fourth-order valence-corrected chi connectivity index (χ4v) is 1.67. The van der Waals surface area contributed by atoms with Crippen molar-refractivity contribution in [2.24, 2.45) is 7.05 Å². The lowest BCUT2D eigenvalue weighted by Crippen LogP contribution is -2.09. The molecule has 2 aromatic rings. The van der Waals surface area contributed by atoms with E-state index < -0.39 is 0 Å². The summed E-state index contributed by atoms with van der Waals surface area (Å²) in [6.07, 6.45) is -0.0591. The van der Waals surface area contributed by atoms with Gasteiger partial charge >= 0.3 is 0 Å². The van der Waals surface area contributed by atoms with Crippen LogP contribution < -0.4 is 9.47 Å². The zero-order chi connectivity index (χ0) is 14.7. The lowest BCUT2D eigenvalue weighted by Gasteiger charge is -2.14. The molecule has 0 aliphatic heterocycles. The average molecular weight is 279 g/mol. The third-order valence-corrected chi connectivity index (χ3v) is 2.81. The predicted molar refractivity (Wildman–Crippen MR) is 72.2 cm³/mol. The van der Waals surface area contributed by atoms with Crippen molar-refractivity contribution < 1.29 is 13.9 Å². The predicted octanol–water partition coefficient (Wildman–Crippen LogP) is 2.63. The molecule has 0 atom stereocenters. The number of rotatable bonds is 5. The largest absolute Gasteiger partial charge is 0.487 e. The quantitative estimate of drug-likeness (QED) is 0.844. The normalized spacial score (nSPS) is 10.9. The Morgan fingerprint density at radius 3 is 2.60 bits per heavy atom. The van der Waals surface area contributed by atoms with Crippen LogP contribution in [0.15, 0.2) is 18.2 Å². The topological polar surface area (TPSA) is 49.2 Å². The highest BCUT2D eigenvalue weighted by Crippen LogP contribution is 2.29. The van der Waals surface area contributed by atoms with Gasteiger partial charge in [-0.25, -0.2) is 4.39 Å². The molecular formula is C14H18FN3O2. The van der Waals surface area contributed by atoms with Crippen LogP contribution in [0.1, 0.15) is 25.5 Å². The van der Waals surface area contributed by atoms with E-state index in [1.165, 1.54) is 12.1 Å². The summed E-state index contributed by atoms with van der Waals surface area (Å²) in [7, 11) is 1.87. The lowest BCUT2D eigenvalue weighted by molar-refractivity contribution is 0.214. The van der Waals surface area contributed by atoms with Gasteiger partial charge in [0.2, 0.25) is 0 Å². The number of aryl methyl sites for hydroxylation is 1. The highest BCUT2D eigenvalue weighted by Gasteiger charge is 2.11. The second-order valence-corrected chi connectivity index (χ2v) is 4.77. The summed E-state index contributed by atoms with van der Waals surface area (Å²) < 4.78 is 26.3. The van der Waals surface area contributed by atoms with E-state index in [0.717, 1.165) is 5.82 Å². The van der Waals surface area contributed by atoms with E-state index in [-0.39, 0.29) is 18.5 Å². The smallest absolute Gasteiger partial charge is 0.170 e. The maximum Gasteiger partial charge on any atom is 0.170 e. The number of benzene rings is 1. The molecule has 5 nitrogen and oxygen atoms in total. The molecule has 0 radical (unpaired) electrons. The minimum Gasteiger partial charge on any atom is -0.487 e. The first-order valence-electron chi connectivity index (χ1n) is 6.41. The lowest BCUT2D eigenvalue weighted by atomic mass is 10.3. The number of aromatic nitrogens is 3. The van der Waals surface area contributed by atoms with Gasteiger partial charge < -0.3 is 14.0 Å². The van der Waals surface area contributed by atoms with Gasteiger partial charge in [-0.1, -0.05) is 0 Å². The fourth-order valence-electron chi connectivity index (χ4n) is 1.67. The monoisotopic (exact) mass is 279 g/mol. The molecule has 0 unspecified atom stereocenters. The van der Waals surface area contributed by atoms with Gasteiger partial charge in [-0.05, 0) is 32.9 Å². The molecule has 0 fully saturated rings. The second-order valence-electron chi connectivity index (χ2n) is 4.77. The van der Waals surface area contributed by atoms with Crippen LogP contribution in [0.3, 0.4) is 0 Å². The van der Waals surface area contributed by atoms with E-state index in [9.17, 15) is 4.39 Å². The van der Waals surface area contributed by atoms with Gasteiger partial charge in [0.15, 0.2) is 17.3 Å². The summed E-state index contributed by atoms with van der Waals surface area (Å²) in [5, 5.41) is 7.97. The first-order valence-corrected chi connectivity index (χ1v) is 6.41. The maximum atomic E-state index is 13.3. The minimum absolute atomic E-state index is 0.0591. The van der Waals surface area contributed by atoms with Crippen molar-refractivity contribution in [3.8, 4) is 11.5 Å². The molecule has 0 N–H and O–H groups in total. The summed E-state index contributed by atoms with van der Waals surface area (Å²) in [5.41, 5.74) is 0. The number of halogens is 1. The molecule has 6 heteroatoms. The Bertz CT molecular complexity index is 596. The Labute approximate surface area is 117 Å². The van der Waals surface area contributed by atoms with E-state index in [1.807, 2.05) is 32.4 Å². The van der Waals surface area contributed by atoms with Crippen molar-refractivity contribution in [2.75, 3.05) is 0 Å². The zero-order valence-electron chi connectivity index (χ0n) is 12.1. The second kappa shape index (κ2) is 5.90. The van der Waals surface area contributed by atoms with Gasteiger partial charge in [-0.15, -0.1) is 10.2 Å². The summed E-state index contributed by atoms with van der Waals surface area (Å²) >= 11 is 0. The summed E-state index contributed by atoms with van der Waals surface area (Å²) in [6.45, 7) is 5.86. The molecule has 0 amide bonds. The Kier molecular flexibility index (Phi) is 4.22. The Balaban J connectivity index is 2.14. The van der Waals surface area contributed by atoms with Crippen molar-refractivity contribution in [1.29, 1.82) is 0 Å². The zero-order valence-corrected chi connectivity index (χ0v) is 12.1. The molecule has 108 valence electrons. The van der Waals surface area contributed by atoms with Crippen LogP contribution in [0.5, 0.6) is 11.5 Å². The van der Waals surface area contributed by atoms with E-state index in [1.54, 1.807) is 6.07 Å². The molecule has 1 heterocycles. The van der Waals surface area contributed by atoms with Crippen molar-refractivity contribution in [3.05, 3.63) is 35.7 Å². The molecule has 1 aromatic carbocycles. The highest BCUT2D eigenvalue weighted by molar-refractivity contribution is 5.40. The molecule has 2 rings (SSSR count). The standard InChI is InChI=1S/C14H18FN3O2/c1-9(2)20-13-7-11(15)5-6-12(13)19-8-14-17-16-10(3)18(14)4/h5-7,9H,8H2,1-4H3. The molecular weight excluding hydrogens is 261 g/mol. The molecule has 0 spiro atoms. The van der Waals surface area contributed by atoms with Crippen LogP contribution in [0.4, 0.5) is 4.39 Å². The number of hydrogen-bond donors (Lipinski definition) is 0. The highest BCUT2D eigenvalue weighted by atomic mass is 19.1. The van der Waals surface area contributed by atoms with E-state index in [4.69, 9.17) is 9.47 Å². The van der Waals surface area contributed by atoms with Crippen molar-refractivity contribution in [3.63, 3.8) is 0 Å². The average Bonchev–Trinajstić information content (AvgIpc) is 2.69. The van der Waals surface area contributed by atoms with E-state index in [0.29, 0.717) is 17.3 Å². The number of ether oxygens (including phenoxy) is 2. The maximum absolute atomic E-state index is 13.3. The molecule has 1 aromatic heterocycles. The fraction of sp³-hybridized carbons (Fsp3) is 0.429. The van der Waals surface area contributed by atoms with Gasteiger partial charge in [0, 0.05) is 13.1 Å². The van der Waals surface area contributed by atoms with Crippen molar-refractivity contribution in [2.45, 2.75) is 33.5 Å². The van der Waals surface area contributed by atoms with E-state index in [2.05, 4.69) is 10.2 Å². The van der Waals surface area contributed by atoms with E-state index >= 15 is 0 Å². The van der Waals surface area contributed by atoms with Crippen LogP contribution in [-0.4, -0.2) is 20.9 Å². The van der Waals surface area contributed by atoms with Crippen LogP contribution in [0.25, 0.3) is 0 Å². The van der Waals surface area contributed by atoms with Gasteiger partial charge in [0.05, 0.1) is 6.10 Å². The first kappa shape index (κ1) is 14.3. The molecule has 20 heavy (non-hydrogen) atoms. The molecule has 0 aliphatic rings. The molecule has 0 aliphatic carbocycles. The Morgan fingerprint density at radius 1 is 1.25 bits per heavy atom. The minimum atomic E-state index is -0.359. The number of hydrogen-bond acceptors (Lipinski definition) is 4. The van der Waals surface area contributed by atoms with Gasteiger partial charge in [-0.3, -0.25) is 0 Å². The van der Waals surface area contributed by atoms with Crippen LogP contribution >= 0.6 is 0 Å². The third-order valence-electron chi connectivity index (χ3n) is 2.81. The van der Waals surface area contributed by atoms with Crippen LogP contribution in [0, 0.1) is 12.7 Å². The molecule has 0 saturated carbocycles. The summed E-state index contributed by atoms with van der Waals surface area (Å²) in [6, 6.07) is 4.21. The van der Waals surface area contributed by atoms with Gasteiger partial charge in [0.25, 0.3) is 0 Å². The number of nitrogens with zero attached hydrogens (tertiary/aromatic N) is 3. The summed E-state index contributed by atoms with van der Waals surface area (Å²) in [5.74, 6) is 2.02. The van der Waals surface area contributed by atoms with Gasteiger partial charge in [0.1, 0.15) is 18.2 Å².